The van der Waals surface area contributed by atoms with Crippen LogP contribution in [0, 0.1) is 0 Å². The zero-order valence-electron chi connectivity index (χ0n) is 9.55. The fourth-order valence-electron chi connectivity index (χ4n) is 1.14. The van der Waals surface area contributed by atoms with Crippen LogP contribution in [0.1, 0.15) is 38.8 Å². The molecule has 0 fully saturated rings. The minimum Gasteiger partial charge on any atom is -0.445 e. The highest BCUT2D eigenvalue weighted by atomic mass is 16.4. The molecule has 0 spiro atoms. The molecule has 0 saturated heterocycles. The lowest BCUT2D eigenvalue weighted by Crippen LogP contribution is -2.14. The maximum atomic E-state index is 5.69. The smallest absolute Gasteiger partial charge is 0.195 e. The zero-order chi connectivity index (χ0) is 10.6. The molecule has 0 aliphatic carbocycles. The van der Waals surface area contributed by atoms with Crippen LogP contribution < -0.4 is 5.32 Å². The van der Waals surface area contributed by atoms with Gasteiger partial charge in [-0.2, -0.15) is 0 Å². The fraction of sp³-hybridized carbons (Fsp3) is 0.727. The van der Waals surface area contributed by atoms with Gasteiger partial charge in [-0.1, -0.05) is 20.8 Å². The van der Waals surface area contributed by atoms with Crippen LogP contribution in [0.4, 0.5) is 0 Å². The largest absolute Gasteiger partial charge is 0.445 e. The summed E-state index contributed by atoms with van der Waals surface area (Å²) in [5.41, 5.74) is 0.102. The summed E-state index contributed by atoms with van der Waals surface area (Å²) >= 11 is 0. The Morgan fingerprint density at radius 3 is 2.79 bits per heavy atom. The van der Waals surface area contributed by atoms with Gasteiger partial charge in [0.2, 0.25) is 0 Å². The molecule has 1 aromatic heterocycles. The summed E-state index contributed by atoms with van der Waals surface area (Å²) in [6, 6.07) is 0. The number of rotatable bonds is 5. The second-order valence-corrected chi connectivity index (χ2v) is 4.21. The number of likely N-dealkylation sites (N-methyl/N-ethyl adjacent to an activating group) is 1. The quantitative estimate of drug-likeness (QED) is 0.784. The number of oxazole rings is 1. The molecule has 0 bridgehead atoms. The van der Waals surface area contributed by atoms with Gasteiger partial charge in [-0.15, -0.1) is 0 Å². The molecule has 1 N–H and O–H groups in total. The monoisotopic (exact) mass is 196 g/mol. The Balaban J connectivity index is 2.67. The van der Waals surface area contributed by atoms with Gasteiger partial charge in [-0.3, -0.25) is 0 Å². The van der Waals surface area contributed by atoms with E-state index in [-0.39, 0.29) is 5.41 Å². The molecular formula is C11H20N2O. The van der Waals surface area contributed by atoms with Crippen LogP contribution >= 0.6 is 0 Å². The summed E-state index contributed by atoms with van der Waals surface area (Å²) in [6.07, 6.45) is 3.78. The van der Waals surface area contributed by atoms with E-state index in [0.29, 0.717) is 0 Å². The lowest BCUT2D eigenvalue weighted by Gasteiger charge is -2.18. The number of aromatic nitrogens is 1. The lowest BCUT2D eigenvalue weighted by atomic mass is 9.88. The van der Waals surface area contributed by atoms with Crippen molar-refractivity contribution in [1.29, 1.82) is 0 Å². The maximum Gasteiger partial charge on any atom is 0.195 e. The van der Waals surface area contributed by atoms with Gasteiger partial charge in [-0.05, 0) is 13.5 Å². The summed E-state index contributed by atoms with van der Waals surface area (Å²) in [4.78, 5) is 4.26. The molecule has 1 rings (SSSR count). The van der Waals surface area contributed by atoms with Crippen molar-refractivity contribution < 1.29 is 4.42 Å². The molecule has 0 radical (unpaired) electrons. The Hall–Kier alpha value is -0.830. The third-order valence-corrected chi connectivity index (χ3v) is 2.69. The Bertz CT molecular complexity index is 279. The third kappa shape index (κ3) is 2.58. The van der Waals surface area contributed by atoms with Gasteiger partial charge in [-0.25, -0.2) is 4.98 Å². The van der Waals surface area contributed by atoms with Crippen molar-refractivity contribution in [2.75, 3.05) is 13.6 Å². The van der Waals surface area contributed by atoms with E-state index in [0.717, 1.165) is 31.0 Å². The first-order valence-electron chi connectivity index (χ1n) is 5.20. The Labute approximate surface area is 85.9 Å². The van der Waals surface area contributed by atoms with Gasteiger partial charge in [0.25, 0.3) is 0 Å². The summed E-state index contributed by atoms with van der Waals surface area (Å²) in [7, 11) is 1.93. The molecular weight excluding hydrogens is 176 g/mol. The van der Waals surface area contributed by atoms with E-state index >= 15 is 0 Å². The van der Waals surface area contributed by atoms with Gasteiger partial charge in [0.15, 0.2) is 5.89 Å². The molecule has 14 heavy (non-hydrogen) atoms. The first-order chi connectivity index (χ1) is 6.60. The number of nitrogens with zero attached hydrogens (tertiary/aromatic N) is 1. The van der Waals surface area contributed by atoms with Gasteiger partial charge < -0.3 is 9.73 Å². The molecule has 0 aliphatic rings. The molecule has 1 aromatic rings. The van der Waals surface area contributed by atoms with E-state index in [1.807, 2.05) is 13.2 Å². The minimum absolute atomic E-state index is 0.102. The normalized spacial score (nSPS) is 12.0. The first-order valence-corrected chi connectivity index (χ1v) is 5.20. The third-order valence-electron chi connectivity index (χ3n) is 2.69. The van der Waals surface area contributed by atoms with Crippen molar-refractivity contribution in [1.82, 2.24) is 10.3 Å². The number of hydrogen-bond donors (Lipinski definition) is 1. The SMILES string of the molecule is CCC(C)(C)c1cnc(CCNC)o1. The highest BCUT2D eigenvalue weighted by Gasteiger charge is 2.22. The minimum atomic E-state index is 0.102. The second-order valence-electron chi connectivity index (χ2n) is 4.21. The van der Waals surface area contributed by atoms with Crippen molar-refractivity contribution in [3.8, 4) is 0 Å². The Morgan fingerprint density at radius 1 is 1.50 bits per heavy atom. The fourth-order valence-corrected chi connectivity index (χ4v) is 1.14. The van der Waals surface area contributed by atoms with Crippen molar-refractivity contribution in [3.63, 3.8) is 0 Å². The van der Waals surface area contributed by atoms with E-state index in [2.05, 4.69) is 31.1 Å². The molecule has 0 atom stereocenters. The van der Waals surface area contributed by atoms with Crippen LogP contribution in [0.25, 0.3) is 0 Å². The van der Waals surface area contributed by atoms with Crippen LogP contribution in [0.3, 0.4) is 0 Å². The highest BCUT2D eigenvalue weighted by Crippen LogP contribution is 2.26. The standard InChI is InChI=1S/C11H20N2O/c1-5-11(2,3)9-8-13-10(14-9)6-7-12-4/h8,12H,5-7H2,1-4H3. The van der Waals surface area contributed by atoms with E-state index in [1.54, 1.807) is 0 Å². The molecule has 3 heteroatoms. The Kier molecular flexibility index (Phi) is 3.69. The molecule has 0 amide bonds. The maximum absolute atomic E-state index is 5.69. The molecule has 80 valence electrons. The van der Waals surface area contributed by atoms with E-state index in [1.165, 1.54) is 0 Å². The second kappa shape index (κ2) is 4.60. The molecule has 0 unspecified atom stereocenters. The number of nitrogens with one attached hydrogen (secondary N) is 1. The van der Waals surface area contributed by atoms with Gasteiger partial charge in [0.1, 0.15) is 5.76 Å². The predicted octanol–water partition coefficient (Wildman–Crippen LogP) is 2.12. The lowest BCUT2D eigenvalue weighted by molar-refractivity contribution is 0.355. The van der Waals surface area contributed by atoms with Crippen molar-refractivity contribution in [2.45, 2.75) is 39.0 Å². The van der Waals surface area contributed by atoms with Crippen molar-refractivity contribution >= 4 is 0 Å². The van der Waals surface area contributed by atoms with Gasteiger partial charge in [0, 0.05) is 18.4 Å². The van der Waals surface area contributed by atoms with Gasteiger partial charge in [0.05, 0.1) is 6.20 Å². The zero-order valence-corrected chi connectivity index (χ0v) is 9.55. The first kappa shape index (κ1) is 11.2. The molecule has 0 aromatic carbocycles. The van der Waals surface area contributed by atoms with Crippen molar-refractivity contribution in [3.05, 3.63) is 17.8 Å². The van der Waals surface area contributed by atoms with E-state index < -0.39 is 0 Å². The van der Waals surface area contributed by atoms with Crippen LogP contribution in [0.15, 0.2) is 10.6 Å². The van der Waals surface area contributed by atoms with Crippen LogP contribution in [0.2, 0.25) is 0 Å². The molecule has 3 nitrogen and oxygen atoms in total. The molecule has 0 saturated carbocycles. The number of hydrogen-bond acceptors (Lipinski definition) is 3. The summed E-state index contributed by atoms with van der Waals surface area (Å²) in [6.45, 7) is 7.42. The predicted molar refractivity (Wildman–Crippen MR) is 57.5 cm³/mol. The summed E-state index contributed by atoms with van der Waals surface area (Å²) < 4.78 is 5.69. The average Bonchev–Trinajstić information content (AvgIpc) is 2.63. The van der Waals surface area contributed by atoms with E-state index in [4.69, 9.17) is 4.42 Å². The molecule has 1 heterocycles. The van der Waals surface area contributed by atoms with E-state index in [9.17, 15) is 0 Å². The molecule has 0 aliphatic heterocycles. The summed E-state index contributed by atoms with van der Waals surface area (Å²) in [5.74, 6) is 1.82. The summed E-state index contributed by atoms with van der Waals surface area (Å²) in [5, 5.41) is 3.08. The highest BCUT2D eigenvalue weighted by molar-refractivity contribution is 5.07. The topological polar surface area (TPSA) is 38.1 Å². The van der Waals surface area contributed by atoms with Crippen LogP contribution in [-0.2, 0) is 11.8 Å². The average molecular weight is 196 g/mol. The van der Waals surface area contributed by atoms with Crippen LogP contribution in [0.5, 0.6) is 0 Å². The van der Waals surface area contributed by atoms with Gasteiger partial charge >= 0.3 is 0 Å². The Morgan fingerprint density at radius 2 is 2.21 bits per heavy atom. The van der Waals surface area contributed by atoms with Crippen molar-refractivity contribution in [2.24, 2.45) is 0 Å². The van der Waals surface area contributed by atoms with Crippen LogP contribution in [-0.4, -0.2) is 18.6 Å².